The van der Waals surface area contributed by atoms with Gasteiger partial charge in [0.25, 0.3) is 5.91 Å². The van der Waals surface area contributed by atoms with E-state index in [4.69, 9.17) is 4.74 Å². The van der Waals surface area contributed by atoms with Gasteiger partial charge in [-0.1, -0.05) is 23.4 Å². The van der Waals surface area contributed by atoms with Crippen molar-refractivity contribution >= 4 is 24.0 Å². The van der Waals surface area contributed by atoms with Crippen molar-refractivity contribution in [3.05, 3.63) is 65.7 Å². The van der Waals surface area contributed by atoms with Gasteiger partial charge in [0.2, 0.25) is 0 Å². The van der Waals surface area contributed by atoms with E-state index in [1.807, 2.05) is 11.6 Å². The standard InChI is InChI=1S/C21H22FN5O2.ClH/c1-14-20(25-26-27(14)16-9-11-23-12-10-16)21(28)24-18-7-2-3-8-19(18)29-17-6-4-5-15(22)13-17;/h2-8,13,16,23H,9-12H2,1H3,(H,24,28);1H. The number of carbonyl (C=O) groups is 1. The molecule has 0 bridgehead atoms. The number of aromatic nitrogens is 3. The lowest BCUT2D eigenvalue weighted by molar-refractivity contribution is 0.102. The average molecular weight is 432 g/mol. The highest BCUT2D eigenvalue weighted by molar-refractivity contribution is 6.04. The number of benzene rings is 2. The van der Waals surface area contributed by atoms with E-state index in [-0.39, 0.29) is 30.0 Å². The van der Waals surface area contributed by atoms with Crippen LogP contribution in [-0.4, -0.2) is 34.0 Å². The summed E-state index contributed by atoms with van der Waals surface area (Å²) in [6, 6.07) is 13.1. The van der Waals surface area contributed by atoms with Crippen LogP contribution in [0.15, 0.2) is 48.5 Å². The van der Waals surface area contributed by atoms with Crippen molar-refractivity contribution < 1.29 is 13.9 Å². The molecule has 1 aliphatic heterocycles. The molecule has 0 aliphatic carbocycles. The normalized spacial score (nSPS) is 14.1. The fourth-order valence-electron chi connectivity index (χ4n) is 3.45. The maximum absolute atomic E-state index is 13.4. The highest BCUT2D eigenvalue weighted by Crippen LogP contribution is 2.30. The molecule has 1 aromatic heterocycles. The first-order chi connectivity index (χ1) is 14.1. The maximum atomic E-state index is 13.4. The minimum atomic E-state index is -0.394. The molecule has 1 saturated heterocycles. The third-order valence-electron chi connectivity index (χ3n) is 4.96. The predicted octanol–water partition coefficient (Wildman–Crippen LogP) is 4.12. The van der Waals surface area contributed by atoms with Crippen LogP contribution < -0.4 is 15.4 Å². The molecule has 0 unspecified atom stereocenters. The molecule has 9 heteroatoms. The van der Waals surface area contributed by atoms with Crippen LogP contribution in [0.1, 0.15) is 35.1 Å². The summed E-state index contributed by atoms with van der Waals surface area (Å²) in [4.78, 5) is 12.8. The zero-order chi connectivity index (χ0) is 20.2. The molecule has 0 saturated carbocycles. The van der Waals surface area contributed by atoms with Gasteiger partial charge in [-0.2, -0.15) is 0 Å². The van der Waals surface area contributed by atoms with E-state index in [0.717, 1.165) is 31.6 Å². The number of ether oxygens (including phenoxy) is 1. The summed E-state index contributed by atoms with van der Waals surface area (Å²) in [6.07, 6.45) is 1.91. The fourth-order valence-corrected chi connectivity index (χ4v) is 3.45. The molecule has 1 fully saturated rings. The van der Waals surface area contributed by atoms with Gasteiger partial charge < -0.3 is 15.4 Å². The topological polar surface area (TPSA) is 81.1 Å². The molecule has 30 heavy (non-hydrogen) atoms. The number of hydrogen-bond donors (Lipinski definition) is 2. The van der Waals surface area contributed by atoms with Crippen LogP contribution in [0.2, 0.25) is 0 Å². The molecule has 2 heterocycles. The van der Waals surface area contributed by atoms with E-state index in [9.17, 15) is 9.18 Å². The Labute approximate surface area is 180 Å². The Kier molecular flexibility index (Phi) is 7.02. The lowest BCUT2D eigenvalue weighted by Crippen LogP contribution is -2.30. The smallest absolute Gasteiger partial charge is 0.278 e. The monoisotopic (exact) mass is 431 g/mol. The van der Waals surface area contributed by atoms with E-state index < -0.39 is 5.82 Å². The molecule has 1 amide bonds. The number of nitrogens with one attached hydrogen (secondary N) is 2. The van der Waals surface area contributed by atoms with E-state index in [1.165, 1.54) is 12.1 Å². The Morgan fingerprint density at radius 3 is 2.73 bits per heavy atom. The number of hydrogen-bond acceptors (Lipinski definition) is 5. The van der Waals surface area contributed by atoms with Crippen molar-refractivity contribution in [3.63, 3.8) is 0 Å². The van der Waals surface area contributed by atoms with E-state index in [2.05, 4.69) is 20.9 Å². The minimum Gasteiger partial charge on any atom is -0.455 e. The third kappa shape index (κ3) is 4.77. The maximum Gasteiger partial charge on any atom is 0.278 e. The van der Waals surface area contributed by atoms with Gasteiger partial charge in [-0.05, 0) is 57.1 Å². The Morgan fingerprint density at radius 1 is 1.20 bits per heavy atom. The number of carbonyl (C=O) groups excluding carboxylic acids is 1. The highest BCUT2D eigenvalue weighted by atomic mass is 35.5. The number of rotatable bonds is 5. The molecule has 2 N–H and O–H groups in total. The lowest BCUT2D eigenvalue weighted by atomic mass is 10.1. The number of amides is 1. The summed E-state index contributed by atoms with van der Waals surface area (Å²) in [5.41, 5.74) is 1.49. The van der Waals surface area contributed by atoms with E-state index in [1.54, 1.807) is 36.4 Å². The quantitative estimate of drug-likeness (QED) is 0.635. The Morgan fingerprint density at radius 2 is 1.97 bits per heavy atom. The largest absolute Gasteiger partial charge is 0.455 e. The molecule has 1 aliphatic rings. The van der Waals surface area contributed by atoms with E-state index >= 15 is 0 Å². The number of nitrogens with zero attached hydrogens (tertiary/aromatic N) is 3. The van der Waals surface area contributed by atoms with Crippen molar-refractivity contribution in [1.29, 1.82) is 0 Å². The zero-order valence-corrected chi connectivity index (χ0v) is 17.3. The summed E-state index contributed by atoms with van der Waals surface area (Å²) >= 11 is 0. The number of anilines is 1. The van der Waals surface area contributed by atoms with Gasteiger partial charge in [-0.25, -0.2) is 9.07 Å². The number of para-hydroxylation sites is 2. The molecule has 0 atom stereocenters. The molecule has 2 aromatic carbocycles. The molecular formula is C21H23ClFN5O2. The van der Waals surface area contributed by atoms with Crippen LogP contribution in [0.4, 0.5) is 10.1 Å². The van der Waals surface area contributed by atoms with Crippen molar-refractivity contribution in [1.82, 2.24) is 20.3 Å². The first kappa shape index (κ1) is 21.7. The van der Waals surface area contributed by atoms with Crippen LogP contribution in [0.3, 0.4) is 0 Å². The molecule has 4 rings (SSSR count). The molecule has 158 valence electrons. The first-order valence-corrected chi connectivity index (χ1v) is 9.58. The summed E-state index contributed by atoms with van der Waals surface area (Å²) in [7, 11) is 0. The van der Waals surface area contributed by atoms with Crippen LogP contribution in [0.25, 0.3) is 0 Å². The molecular weight excluding hydrogens is 409 g/mol. The van der Waals surface area contributed by atoms with Gasteiger partial charge >= 0.3 is 0 Å². The second-order valence-electron chi connectivity index (χ2n) is 6.96. The second-order valence-corrected chi connectivity index (χ2v) is 6.96. The Hall–Kier alpha value is -2.97. The van der Waals surface area contributed by atoms with Crippen molar-refractivity contribution in [2.75, 3.05) is 18.4 Å². The number of piperidine rings is 1. The Bertz CT molecular complexity index is 1020. The van der Waals surface area contributed by atoms with Gasteiger partial charge in [0, 0.05) is 6.07 Å². The SMILES string of the molecule is Cc1c(C(=O)Nc2ccccc2Oc2cccc(F)c2)nnn1C1CCNCC1.Cl. The van der Waals surface area contributed by atoms with Crippen molar-refractivity contribution in [2.45, 2.75) is 25.8 Å². The van der Waals surface area contributed by atoms with Crippen molar-refractivity contribution in [3.8, 4) is 11.5 Å². The zero-order valence-electron chi connectivity index (χ0n) is 16.5. The van der Waals surface area contributed by atoms with Crippen LogP contribution in [-0.2, 0) is 0 Å². The van der Waals surface area contributed by atoms with Gasteiger partial charge in [-0.15, -0.1) is 17.5 Å². The predicted molar refractivity (Wildman–Crippen MR) is 114 cm³/mol. The number of halogens is 2. The van der Waals surface area contributed by atoms with Crippen LogP contribution in [0.5, 0.6) is 11.5 Å². The minimum absolute atomic E-state index is 0. The summed E-state index contributed by atoms with van der Waals surface area (Å²) in [6.45, 7) is 3.71. The molecule has 7 nitrogen and oxygen atoms in total. The lowest BCUT2D eigenvalue weighted by Gasteiger charge is -2.23. The summed E-state index contributed by atoms with van der Waals surface area (Å²) in [5.74, 6) is 0.00160. The van der Waals surface area contributed by atoms with E-state index in [0.29, 0.717) is 17.2 Å². The molecule has 0 radical (unpaired) electrons. The average Bonchev–Trinajstić information content (AvgIpc) is 3.12. The van der Waals surface area contributed by atoms with Crippen molar-refractivity contribution in [2.24, 2.45) is 0 Å². The van der Waals surface area contributed by atoms with Gasteiger partial charge in [-0.3, -0.25) is 4.79 Å². The first-order valence-electron chi connectivity index (χ1n) is 9.58. The van der Waals surface area contributed by atoms with Gasteiger partial charge in [0.05, 0.1) is 17.4 Å². The molecule has 3 aromatic rings. The fraction of sp³-hybridized carbons (Fsp3) is 0.286. The van der Waals surface area contributed by atoms with Crippen LogP contribution >= 0.6 is 12.4 Å². The summed E-state index contributed by atoms with van der Waals surface area (Å²) < 4.78 is 21.0. The molecule has 0 spiro atoms. The van der Waals surface area contributed by atoms with Crippen LogP contribution in [0, 0.1) is 12.7 Å². The highest BCUT2D eigenvalue weighted by Gasteiger charge is 2.23. The van der Waals surface area contributed by atoms with Gasteiger partial charge in [0.15, 0.2) is 11.4 Å². The summed E-state index contributed by atoms with van der Waals surface area (Å²) in [5, 5.41) is 14.5. The third-order valence-corrected chi connectivity index (χ3v) is 4.96. The van der Waals surface area contributed by atoms with Gasteiger partial charge in [0.1, 0.15) is 11.6 Å². The second kappa shape index (κ2) is 9.69. The Balaban J connectivity index is 0.00000256.